The highest BCUT2D eigenvalue weighted by Crippen LogP contribution is 2.34. The average Bonchev–Trinajstić information content (AvgIpc) is 2.94. The third-order valence-electron chi connectivity index (χ3n) is 3.41. The van der Waals surface area contributed by atoms with Crippen LogP contribution in [0.3, 0.4) is 0 Å². The molecule has 0 unspecified atom stereocenters. The van der Waals surface area contributed by atoms with Crippen LogP contribution in [-0.2, 0) is 28.2 Å². The smallest absolute Gasteiger partial charge is 0.416 e. The summed E-state index contributed by atoms with van der Waals surface area (Å²) in [6.07, 6.45) is -4.62. The first-order valence-electron chi connectivity index (χ1n) is 7.39. The first-order valence-corrected chi connectivity index (χ1v) is 9.20. The number of alkyl halides is 3. The van der Waals surface area contributed by atoms with E-state index in [1.807, 2.05) is 20.8 Å². The second kappa shape index (κ2) is 6.82. The highest BCUT2D eigenvalue weighted by atomic mass is 35.5. The van der Waals surface area contributed by atoms with Crippen molar-refractivity contribution in [2.24, 2.45) is 0 Å². The molecule has 0 saturated heterocycles. The minimum Gasteiger partial charge on any atom is -0.423 e. The van der Waals surface area contributed by atoms with E-state index in [1.54, 1.807) is 0 Å². The van der Waals surface area contributed by atoms with Crippen molar-refractivity contribution in [1.82, 2.24) is 14.5 Å². The number of hydrogen-bond acceptors (Lipinski definition) is 5. The topological polar surface area (TPSA) is 76.3 Å². The Morgan fingerprint density at radius 2 is 1.81 bits per heavy atom. The quantitative estimate of drug-likeness (QED) is 0.763. The standard InChI is InChI=1S/C15H17ClF3N3O3S/c1-14(2,3)13-21-20-12(25-13)8-22(4)26(23,24)11-6-5-9(7-10(11)16)15(17,18)19/h5-7H,8H2,1-4H3. The van der Waals surface area contributed by atoms with Gasteiger partial charge in [-0.25, -0.2) is 8.42 Å². The average molecular weight is 412 g/mol. The maximum atomic E-state index is 12.7. The summed E-state index contributed by atoms with van der Waals surface area (Å²) in [6, 6.07) is 2.06. The van der Waals surface area contributed by atoms with Crippen molar-refractivity contribution in [3.8, 4) is 0 Å². The van der Waals surface area contributed by atoms with Gasteiger partial charge in [0.25, 0.3) is 0 Å². The molecule has 1 heterocycles. The lowest BCUT2D eigenvalue weighted by atomic mass is 9.97. The Balaban J connectivity index is 2.28. The molecule has 1 aromatic heterocycles. The summed E-state index contributed by atoms with van der Waals surface area (Å²) < 4.78 is 69.6. The van der Waals surface area contributed by atoms with Gasteiger partial charge in [0.05, 0.1) is 17.1 Å². The Kier molecular flexibility index (Phi) is 5.42. The normalized spacial score (nSPS) is 13.4. The summed E-state index contributed by atoms with van der Waals surface area (Å²) in [7, 11) is -2.91. The molecule has 1 aromatic carbocycles. The van der Waals surface area contributed by atoms with E-state index in [9.17, 15) is 21.6 Å². The van der Waals surface area contributed by atoms with Crippen LogP contribution in [0, 0.1) is 0 Å². The van der Waals surface area contributed by atoms with Crippen molar-refractivity contribution in [1.29, 1.82) is 0 Å². The van der Waals surface area contributed by atoms with Crippen molar-refractivity contribution < 1.29 is 26.0 Å². The molecule has 0 amide bonds. The zero-order valence-corrected chi connectivity index (χ0v) is 16.0. The molecule has 0 atom stereocenters. The van der Waals surface area contributed by atoms with E-state index in [2.05, 4.69) is 10.2 Å². The van der Waals surface area contributed by atoms with Gasteiger partial charge in [0.2, 0.25) is 21.8 Å². The molecule has 2 aromatic rings. The fourth-order valence-corrected chi connectivity index (χ4v) is 3.58. The summed E-state index contributed by atoms with van der Waals surface area (Å²) >= 11 is 5.77. The number of nitrogens with zero attached hydrogens (tertiary/aromatic N) is 3. The zero-order valence-electron chi connectivity index (χ0n) is 14.4. The predicted molar refractivity (Wildman–Crippen MR) is 88.1 cm³/mol. The van der Waals surface area contributed by atoms with Crippen LogP contribution < -0.4 is 0 Å². The van der Waals surface area contributed by atoms with E-state index < -0.39 is 37.1 Å². The summed E-state index contributed by atoms with van der Waals surface area (Å²) in [6.45, 7) is 5.31. The van der Waals surface area contributed by atoms with Gasteiger partial charge in [-0.2, -0.15) is 17.5 Å². The molecule has 0 aliphatic rings. The maximum Gasteiger partial charge on any atom is 0.416 e. The lowest BCUT2D eigenvalue weighted by Gasteiger charge is -2.17. The van der Waals surface area contributed by atoms with Gasteiger partial charge in [-0.1, -0.05) is 32.4 Å². The van der Waals surface area contributed by atoms with Gasteiger partial charge in [0.15, 0.2) is 0 Å². The Bertz CT molecular complexity index is 905. The molecule has 11 heteroatoms. The van der Waals surface area contributed by atoms with Crippen LogP contribution in [0.25, 0.3) is 0 Å². The molecule has 0 N–H and O–H groups in total. The summed E-state index contributed by atoms with van der Waals surface area (Å²) in [5, 5.41) is 7.14. The molecule has 0 aliphatic carbocycles. The SMILES string of the molecule is CN(Cc1nnc(C(C)(C)C)o1)S(=O)(=O)c1ccc(C(F)(F)F)cc1Cl. The van der Waals surface area contributed by atoms with Gasteiger partial charge >= 0.3 is 6.18 Å². The van der Waals surface area contributed by atoms with Crippen molar-refractivity contribution in [2.45, 2.75) is 43.8 Å². The zero-order chi connectivity index (χ0) is 19.9. The molecular formula is C15H17ClF3N3O3S. The van der Waals surface area contributed by atoms with Gasteiger partial charge < -0.3 is 4.42 Å². The minimum absolute atomic E-state index is 0.0593. The van der Waals surface area contributed by atoms with E-state index in [1.165, 1.54) is 7.05 Å². The molecular weight excluding hydrogens is 395 g/mol. The third-order valence-corrected chi connectivity index (χ3v) is 5.70. The van der Waals surface area contributed by atoms with E-state index in [0.29, 0.717) is 18.0 Å². The molecule has 2 rings (SSSR count). The molecule has 0 aliphatic heterocycles. The number of hydrogen-bond donors (Lipinski definition) is 0. The summed E-state index contributed by atoms with van der Waals surface area (Å²) in [5.41, 5.74) is -1.43. The molecule has 26 heavy (non-hydrogen) atoms. The molecule has 6 nitrogen and oxygen atoms in total. The second-order valence-electron chi connectivity index (χ2n) is 6.65. The Morgan fingerprint density at radius 1 is 1.19 bits per heavy atom. The fourth-order valence-electron chi connectivity index (χ4n) is 1.95. The number of rotatable bonds is 4. The Labute approximate surface area is 154 Å². The Hall–Kier alpha value is -1.65. The van der Waals surface area contributed by atoms with Crippen LogP contribution in [0.5, 0.6) is 0 Å². The van der Waals surface area contributed by atoms with Crippen molar-refractivity contribution in [2.75, 3.05) is 7.05 Å². The third kappa shape index (κ3) is 4.36. The van der Waals surface area contributed by atoms with Crippen molar-refractivity contribution >= 4 is 21.6 Å². The highest BCUT2D eigenvalue weighted by Gasteiger charge is 2.33. The van der Waals surface area contributed by atoms with E-state index in [4.69, 9.17) is 16.0 Å². The number of aromatic nitrogens is 2. The van der Waals surface area contributed by atoms with E-state index >= 15 is 0 Å². The second-order valence-corrected chi connectivity index (χ2v) is 9.08. The lowest BCUT2D eigenvalue weighted by Crippen LogP contribution is -2.27. The first-order chi connectivity index (χ1) is 11.7. The van der Waals surface area contributed by atoms with Gasteiger partial charge in [0.1, 0.15) is 4.90 Å². The van der Waals surface area contributed by atoms with Crippen LogP contribution in [0.4, 0.5) is 13.2 Å². The van der Waals surface area contributed by atoms with Crippen LogP contribution >= 0.6 is 11.6 Å². The molecule has 0 saturated carbocycles. The predicted octanol–water partition coefficient (Wildman–Crippen LogP) is 3.86. The molecule has 0 radical (unpaired) electrons. The molecule has 144 valence electrons. The van der Waals surface area contributed by atoms with Gasteiger partial charge in [-0.15, -0.1) is 10.2 Å². The fraction of sp³-hybridized carbons (Fsp3) is 0.467. The molecule has 0 bridgehead atoms. The summed E-state index contributed by atoms with van der Waals surface area (Å²) in [4.78, 5) is -0.440. The van der Waals surface area contributed by atoms with Crippen molar-refractivity contribution in [3.05, 3.63) is 40.6 Å². The monoisotopic (exact) mass is 411 g/mol. The number of benzene rings is 1. The maximum absolute atomic E-state index is 12.7. The van der Waals surface area contributed by atoms with E-state index in [0.717, 1.165) is 10.4 Å². The minimum atomic E-state index is -4.62. The van der Waals surface area contributed by atoms with E-state index in [-0.39, 0.29) is 12.4 Å². The van der Waals surface area contributed by atoms with Crippen LogP contribution in [0.1, 0.15) is 38.1 Å². The number of sulfonamides is 1. The molecule has 0 fully saturated rings. The number of halogens is 4. The Morgan fingerprint density at radius 3 is 2.27 bits per heavy atom. The molecule has 0 spiro atoms. The van der Waals surface area contributed by atoms with Crippen LogP contribution in [-0.4, -0.2) is 30.0 Å². The van der Waals surface area contributed by atoms with Gasteiger partial charge in [-0.3, -0.25) is 0 Å². The summed E-state index contributed by atoms with van der Waals surface area (Å²) in [5.74, 6) is 0.398. The highest BCUT2D eigenvalue weighted by molar-refractivity contribution is 7.89. The van der Waals surface area contributed by atoms with Crippen LogP contribution in [0.2, 0.25) is 5.02 Å². The van der Waals surface area contributed by atoms with Gasteiger partial charge in [-0.05, 0) is 18.2 Å². The van der Waals surface area contributed by atoms with Gasteiger partial charge in [0, 0.05) is 12.5 Å². The van der Waals surface area contributed by atoms with Crippen LogP contribution in [0.15, 0.2) is 27.5 Å². The lowest BCUT2D eigenvalue weighted by molar-refractivity contribution is -0.137. The largest absolute Gasteiger partial charge is 0.423 e. The van der Waals surface area contributed by atoms with Crippen molar-refractivity contribution in [3.63, 3.8) is 0 Å². The first kappa shape index (κ1) is 20.7.